The summed E-state index contributed by atoms with van der Waals surface area (Å²) >= 11 is 0. The minimum atomic E-state index is -6.44. The van der Waals surface area contributed by atoms with E-state index in [2.05, 4.69) is 13.3 Å². The second-order valence-electron chi connectivity index (χ2n) is 6.47. The Labute approximate surface area is 181 Å². The number of alkyl halides is 13. The van der Waals surface area contributed by atoms with Crippen LogP contribution in [0.15, 0.2) is 0 Å². The monoisotopic (exact) mass is 538 g/mol. The van der Waals surface area contributed by atoms with Crippen molar-refractivity contribution in [3.63, 3.8) is 0 Å². The fourth-order valence-electron chi connectivity index (χ4n) is 2.55. The Hall–Kier alpha value is -0.813. The molecule has 7 unspecified atom stereocenters. The molecule has 0 aromatic rings. The van der Waals surface area contributed by atoms with Crippen molar-refractivity contribution in [3.05, 3.63) is 0 Å². The third-order valence-corrected chi connectivity index (χ3v) is 7.25. The number of hydrogen-bond acceptors (Lipinski definition) is 3. The van der Waals surface area contributed by atoms with Gasteiger partial charge < -0.3 is 13.3 Å². The Morgan fingerprint density at radius 2 is 0.879 bits per heavy atom. The van der Waals surface area contributed by atoms with Crippen LogP contribution in [0.3, 0.4) is 0 Å². The van der Waals surface area contributed by atoms with E-state index in [4.69, 9.17) is 0 Å². The van der Waals surface area contributed by atoms with Gasteiger partial charge in [-0.05, 0) is 20.8 Å². The summed E-state index contributed by atoms with van der Waals surface area (Å²) < 4.78 is 190. The van der Waals surface area contributed by atoms with Crippen LogP contribution in [0.4, 0.5) is 57.1 Å². The molecule has 0 amide bonds. The molecule has 0 heterocycles. The summed E-state index contributed by atoms with van der Waals surface area (Å²) in [6, 6.07) is 0. The lowest BCUT2D eigenvalue weighted by atomic mass is 9.96. The van der Waals surface area contributed by atoms with Crippen LogP contribution in [0.1, 0.15) is 20.8 Å². The molecule has 0 rings (SSSR count). The Bertz CT molecular complexity index is 557. The molecule has 0 aliphatic carbocycles. The van der Waals surface area contributed by atoms with Gasteiger partial charge in [-0.2, -0.15) is 17.6 Å². The zero-order chi connectivity index (χ0) is 26.4. The van der Waals surface area contributed by atoms with Crippen molar-refractivity contribution in [2.24, 2.45) is 0 Å². The predicted molar refractivity (Wildman–Crippen MR) is 90.8 cm³/mol. The molecule has 7 atom stereocenters. The van der Waals surface area contributed by atoms with Crippen LogP contribution in [-0.4, -0.2) is 89.7 Å². The number of halogens is 13. The average molecular weight is 538 g/mol. The molecule has 0 N–H and O–H groups in total. The van der Waals surface area contributed by atoms with Crippen molar-refractivity contribution in [1.82, 2.24) is 0 Å². The highest BCUT2D eigenvalue weighted by Crippen LogP contribution is 2.47. The van der Waals surface area contributed by atoms with Crippen LogP contribution in [-0.2, 0) is 13.3 Å². The van der Waals surface area contributed by atoms with Gasteiger partial charge in [-0.15, -0.1) is 0 Å². The summed E-state index contributed by atoms with van der Waals surface area (Å²) in [5, 5.41) is 0. The quantitative estimate of drug-likeness (QED) is 0.193. The Kier molecular flexibility index (Phi) is 12.4. The van der Waals surface area contributed by atoms with Gasteiger partial charge in [-0.25, -0.2) is 39.5 Å². The molecule has 3 nitrogen and oxygen atoms in total. The third-order valence-electron chi connectivity index (χ3n) is 4.19. The molecule has 0 fully saturated rings. The third kappa shape index (κ3) is 6.87. The maximum absolute atomic E-state index is 14.7. The minimum Gasteiger partial charge on any atom is -0.372 e. The van der Waals surface area contributed by atoms with Crippen LogP contribution < -0.4 is 0 Å². The van der Waals surface area contributed by atoms with E-state index in [9.17, 15) is 57.1 Å². The van der Waals surface area contributed by atoms with E-state index in [1.165, 1.54) is 0 Å². The van der Waals surface area contributed by atoms with Gasteiger partial charge in [0.05, 0.1) is 0 Å². The lowest BCUT2D eigenvalue weighted by Gasteiger charge is -2.38. The van der Waals surface area contributed by atoms with Gasteiger partial charge in [0, 0.05) is 19.8 Å². The van der Waals surface area contributed by atoms with E-state index in [0.717, 1.165) is 20.8 Å². The van der Waals surface area contributed by atoms with Crippen LogP contribution in [0.25, 0.3) is 0 Å². The Morgan fingerprint density at radius 1 is 0.545 bits per heavy atom. The minimum absolute atomic E-state index is 0.610. The zero-order valence-corrected chi connectivity index (χ0v) is 18.4. The largest absolute Gasteiger partial charge is 0.543 e. The maximum Gasteiger partial charge on any atom is 0.543 e. The molecule has 17 heteroatoms. The van der Waals surface area contributed by atoms with E-state index in [-0.39, 0.29) is 0 Å². The van der Waals surface area contributed by atoms with Crippen LogP contribution in [0.2, 0.25) is 0 Å². The number of rotatable bonds is 16. The highest BCUT2D eigenvalue weighted by atomic mass is 28.4. The molecular weight excluding hydrogens is 515 g/mol. The SMILES string of the molecule is CCO[Si](OCC)(OCC)C(F)C(F)(F)C(F)(F)C(F)C(F)C(F)C(F)C(F)C(F)C(F)F. The molecule has 0 saturated heterocycles. The van der Waals surface area contributed by atoms with Crippen molar-refractivity contribution >= 4 is 8.80 Å². The standard InChI is InChI=1S/C16H23F13O3Si/c1-4-30-33(31-5-2,32-6-3)14(25)16(28,29)15(26,27)12(22)10(20)8(18)7(17)9(19)11(21)13(23)24/h7-14H,4-6H2,1-3H3. The summed E-state index contributed by atoms with van der Waals surface area (Å²) in [5.41, 5.74) is 0. The molecule has 33 heavy (non-hydrogen) atoms. The molecule has 0 aromatic carbocycles. The molecule has 0 aromatic heterocycles. The average Bonchev–Trinajstić information content (AvgIpc) is 2.75. The molecule has 0 aliphatic rings. The molecule has 0 spiro atoms. The first-order chi connectivity index (χ1) is 15.0. The fourth-order valence-corrected chi connectivity index (χ4v) is 5.08. The summed E-state index contributed by atoms with van der Waals surface area (Å²) in [6.07, 6.45) is -30.9. The summed E-state index contributed by atoms with van der Waals surface area (Å²) in [5.74, 6) is -16.9. The Balaban J connectivity index is 5.97. The molecule has 200 valence electrons. The fraction of sp³-hybridized carbons (Fsp3) is 1.00. The molecule has 0 bridgehead atoms. The second kappa shape index (κ2) is 12.8. The summed E-state index contributed by atoms with van der Waals surface area (Å²) in [6.45, 7) is 1.50. The van der Waals surface area contributed by atoms with Crippen molar-refractivity contribution in [3.8, 4) is 0 Å². The van der Waals surface area contributed by atoms with E-state index >= 15 is 0 Å². The van der Waals surface area contributed by atoms with E-state index in [1.54, 1.807) is 0 Å². The first-order valence-electron chi connectivity index (χ1n) is 9.44. The van der Waals surface area contributed by atoms with Gasteiger partial charge in [0.2, 0.25) is 12.0 Å². The number of hydrogen-bond donors (Lipinski definition) is 0. The van der Waals surface area contributed by atoms with Crippen LogP contribution in [0, 0.1) is 0 Å². The highest BCUT2D eigenvalue weighted by Gasteiger charge is 2.76. The van der Waals surface area contributed by atoms with E-state index in [0.29, 0.717) is 0 Å². The summed E-state index contributed by atoms with van der Waals surface area (Å²) in [7, 11) is -5.37. The van der Waals surface area contributed by atoms with Crippen molar-refractivity contribution < 1.29 is 70.4 Å². The maximum atomic E-state index is 14.7. The smallest absolute Gasteiger partial charge is 0.372 e. The lowest BCUT2D eigenvalue weighted by Crippen LogP contribution is -2.68. The van der Waals surface area contributed by atoms with Crippen molar-refractivity contribution in [2.45, 2.75) is 81.9 Å². The predicted octanol–water partition coefficient (Wildman–Crippen LogP) is 5.48. The second-order valence-corrected chi connectivity index (χ2v) is 9.05. The molecule has 0 aliphatic heterocycles. The normalized spacial score (nSPS) is 20.3. The van der Waals surface area contributed by atoms with Crippen LogP contribution >= 0.6 is 0 Å². The van der Waals surface area contributed by atoms with Gasteiger partial charge >= 0.3 is 20.6 Å². The van der Waals surface area contributed by atoms with Crippen molar-refractivity contribution in [2.75, 3.05) is 19.8 Å². The molecular formula is C16H23F13O3Si. The lowest BCUT2D eigenvalue weighted by molar-refractivity contribution is -0.271. The van der Waals surface area contributed by atoms with Crippen LogP contribution in [0.5, 0.6) is 0 Å². The van der Waals surface area contributed by atoms with E-state index < -0.39 is 89.7 Å². The topological polar surface area (TPSA) is 27.7 Å². The summed E-state index contributed by atoms with van der Waals surface area (Å²) in [4.78, 5) is 0. The van der Waals surface area contributed by atoms with Crippen molar-refractivity contribution in [1.29, 1.82) is 0 Å². The Morgan fingerprint density at radius 3 is 1.21 bits per heavy atom. The first kappa shape index (κ1) is 32.2. The van der Waals surface area contributed by atoms with Gasteiger partial charge in [-0.3, -0.25) is 0 Å². The zero-order valence-electron chi connectivity index (χ0n) is 17.4. The first-order valence-corrected chi connectivity index (χ1v) is 11.2. The van der Waals surface area contributed by atoms with E-state index in [1.807, 2.05) is 0 Å². The van der Waals surface area contributed by atoms with Gasteiger partial charge in [-0.1, -0.05) is 0 Å². The van der Waals surface area contributed by atoms with Gasteiger partial charge in [0.15, 0.2) is 30.9 Å². The highest BCUT2D eigenvalue weighted by molar-refractivity contribution is 6.62. The van der Waals surface area contributed by atoms with Gasteiger partial charge in [0.25, 0.3) is 6.43 Å². The van der Waals surface area contributed by atoms with Gasteiger partial charge in [0.1, 0.15) is 0 Å². The molecule has 0 saturated carbocycles. The molecule has 0 radical (unpaired) electrons.